The van der Waals surface area contributed by atoms with Crippen LogP contribution in [0.3, 0.4) is 0 Å². The molecule has 4 aliphatic rings. The molecule has 4 rings (SSSR count). The minimum absolute atomic E-state index is 0.0694. The summed E-state index contributed by atoms with van der Waals surface area (Å²) in [6.07, 6.45) is 8.13. The molecule has 4 bridgehead atoms. The summed E-state index contributed by atoms with van der Waals surface area (Å²) in [6, 6.07) is 0. The third-order valence-electron chi connectivity index (χ3n) is 3.87. The summed E-state index contributed by atoms with van der Waals surface area (Å²) in [6.45, 7) is 1.49. The lowest BCUT2D eigenvalue weighted by atomic mass is 9.90. The van der Waals surface area contributed by atoms with Crippen LogP contribution >= 0.6 is 0 Å². The minimum Gasteiger partial charge on any atom is -0.462 e. The van der Waals surface area contributed by atoms with Gasteiger partial charge in [-0.1, -0.05) is 12.2 Å². The van der Waals surface area contributed by atoms with Crippen LogP contribution in [0, 0.1) is 11.8 Å². The molecule has 0 aromatic carbocycles. The molecule has 1 saturated carbocycles. The summed E-state index contributed by atoms with van der Waals surface area (Å²) >= 11 is 0. The molecule has 0 N–H and O–H groups in total. The number of rotatable bonds is 1. The van der Waals surface area contributed by atoms with Gasteiger partial charge in [0.05, 0.1) is 12.2 Å². The number of carbonyl (C=O) groups excluding carboxylic acids is 1. The van der Waals surface area contributed by atoms with Gasteiger partial charge in [-0.2, -0.15) is 0 Å². The maximum Gasteiger partial charge on any atom is 0.302 e. The van der Waals surface area contributed by atoms with Crippen LogP contribution in [0.4, 0.5) is 0 Å². The molecule has 3 nitrogen and oxygen atoms in total. The van der Waals surface area contributed by atoms with Gasteiger partial charge in [-0.25, -0.2) is 0 Å². The Morgan fingerprint density at radius 3 is 3.07 bits per heavy atom. The Bertz CT molecular complexity index is 310. The first-order chi connectivity index (χ1) is 7.24. The van der Waals surface area contributed by atoms with E-state index >= 15 is 0 Å². The van der Waals surface area contributed by atoms with Gasteiger partial charge in [0.1, 0.15) is 6.10 Å². The quantitative estimate of drug-likeness (QED) is 0.485. The third kappa shape index (κ3) is 1.49. The van der Waals surface area contributed by atoms with Gasteiger partial charge in [-0.3, -0.25) is 4.79 Å². The van der Waals surface area contributed by atoms with Gasteiger partial charge in [-0.05, 0) is 12.8 Å². The van der Waals surface area contributed by atoms with Crippen LogP contribution in [0.5, 0.6) is 0 Å². The van der Waals surface area contributed by atoms with Crippen molar-refractivity contribution in [2.75, 3.05) is 0 Å². The van der Waals surface area contributed by atoms with Crippen LogP contribution < -0.4 is 0 Å². The Morgan fingerprint density at radius 1 is 1.40 bits per heavy atom. The molecule has 5 atom stereocenters. The summed E-state index contributed by atoms with van der Waals surface area (Å²) in [7, 11) is 0. The van der Waals surface area contributed by atoms with Crippen LogP contribution in [0.1, 0.15) is 26.2 Å². The molecule has 82 valence electrons. The zero-order valence-corrected chi connectivity index (χ0v) is 8.89. The molecule has 0 radical (unpaired) electrons. The van der Waals surface area contributed by atoms with Crippen LogP contribution in [-0.2, 0) is 14.3 Å². The van der Waals surface area contributed by atoms with Crippen molar-refractivity contribution in [1.29, 1.82) is 0 Å². The average molecular weight is 208 g/mol. The van der Waals surface area contributed by atoms with Crippen molar-refractivity contribution in [1.82, 2.24) is 0 Å². The van der Waals surface area contributed by atoms with Crippen molar-refractivity contribution in [3.63, 3.8) is 0 Å². The molecule has 4 unspecified atom stereocenters. The van der Waals surface area contributed by atoms with E-state index in [0.29, 0.717) is 17.9 Å². The molecule has 0 aromatic heterocycles. The number of ether oxygens (including phenoxy) is 2. The van der Waals surface area contributed by atoms with Gasteiger partial charge < -0.3 is 9.47 Å². The van der Waals surface area contributed by atoms with E-state index in [-0.39, 0.29) is 18.2 Å². The number of carbonyl (C=O) groups is 1. The molecule has 0 aromatic rings. The van der Waals surface area contributed by atoms with E-state index in [9.17, 15) is 4.79 Å². The standard InChI is InChI=1S/C12H16O3/c1-7(13)14-12-6-8-2-3-9-10(12)4-5-11(9)15-8/h2-3,8-12H,4-6H2,1H3/t8?,9?,10?,11?,12-/m0/s1. The van der Waals surface area contributed by atoms with E-state index in [1.165, 1.54) is 6.92 Å². The Kier molecular flexibility index (Phi) is 2.09. The topological polar surface area (TPSA) is 35.5 Å². The van der Waals surface area contributed by atoms with Crippen molar-refractivity contribution in [3.8, 4) is 0 Å². The van der Waals surface area contributed by atoms with Gasteiger partial charge in [-0.15, -0.1) is 0 Å². The highest BCUT2D eigenvalue weighted by molar-refractivity contribution is 5.66. The summed E-state index contributed by atoms with van der Waals surface area (Å²) in [4.78, 5) is 11.0. The second-order valence-electron chi connectivity index (χ2n) is 4.80. The molecule has 0 amide bonds. The monoisotopic (exact) mass is 208 g/mol. The summed E-state index contributed by atoms with van der Waals surface area (Å²) in [5.41, 5.74) is 0. The fourth-order valence-electron chi connectivity index (χ4n) is 3.29. The van der Waals surface area contributed by atoms with Crippen LogP contribution in [0.15, 0.2) is 12.2 Å². The molecule has 2 aliphatic carbocycles. The lowest BCUT2D eigenvalue weighted by Gasteiger charge is -2.24. The van der Waals surface area contributed by atoms with E-state index in [4.69, 9.17) is 9.47 Å². The van der Waals surface area contributed by atoms with Gasteiger partial charge in [0.15, 0.2) is 0 Å². The van der Waals surface area contributed by atoms with E-state index in [1.54, 1.807) is 0 Å². The number of fused-ring (bicyclic) bond motifs is 1. The predicted octanol–water partition coefficient (Wildman–Crippen LogP) is 1.67. The van der Waals surface area contributed by atoms with Gasteiger partial charge in [0.2, 0.25) is 0 Å². The number of esters is 1. The first kappa shape index (κ1) is 9.40. The molecule has 2 fully saturated rings. The van der Waals surface area contributed by atoms with Gasteiger partial charge in [0.25, 0.3) is 0 Å². The van der Waals surface area contributed by atoms with E-state index in [0.717, 1.165) is 19.3 Å². The second-order valence-corrected chi connectivity index (χ2v) is 4.80. The Balaban J connectivity index is 1.85. The summed E-state index contributed by atoms with van der Waals surface area (Å²) in [5, 5.41) is 0. The normalized spacial score (nSPS) is 46.6. The third-order valence-corrected chi connectivity index (χ3v) is 3.87. The lowest BCUT2D eigenvalue weighted by molar-refractivity contribution is -0.150. The SMILES string of the molecule is CC(=O)O[C@H]1CC2C=CC3C(CCC31)O2. The van der Waals surface area contributed by atoms with Crippen molar-refractivity contribution in [2.45, 2.75) is 44.5 Å². The van der Waals surface area contributed by atoms with E-state index in [1.807, 2.05) is 0 Å². The molecular formula is C12H16O3. The molecule has 2 heterocycles. The van der Waals surface area contributed by atoms with Crippen molar-refractivity contribution >= 4 is 5.97 Å². The smallest absolute Gasteiger partial charge is 0.302 e. The first-order valence-corrected chi connectivity index (χ1v) is 5.75. The first-order valence-electron chi connectivity index (χ1n) is 5.75. The molecular weight excluding hydrogens is 192 g/mol. The highest BCUT2D eigenvalue weighted by atomic mass is 16.5. The van der Waals surface area contributed by atoms with E-state index in [2.05, 4.69) is 12.2 Å². The molecule has 3 heteroatoms. The maximum absolute atomic E-state index is 11.0. The summed E-state index contributed by atoms with van der Waals surface area (Å²) in [5.74, 6) is 0.806. The Labute approximate surface area is 89.4 Å². The van der Waals surface area contributed by atoms with Crippen molar-refractivity contribution in [2.24, 2.45) is 11.8 Å². The largest absolute Gasteiger partial charge is 0.462 e. The molecule has 1 saturated heterocycles. The zero-order chi connectivity index (χ0) is 10.4. The number of hydrogen-bond donors (Lipinski definition) is 0. The second kappa shape index (κ2) is 3.34. The number of hydrogen-bond acceptors (Lipinski definition) is 3. The Hall–Kier alpha value is -0.830. The van der Waals surface area contributed by atoms with Crippen LogP contribution in [0.2, 0.25) is 0 Å². The van der Waals surface area contributed by atoms with Crippen LogP contribution in [0.25, 0.3) is 0 Å². The van der Waals surface area contributed by atoms with Crippen molar-refractivity contribution in [3.05, 3.63) is 12.2 Å². The zero-order valence-electron chi connectivity index (χ0n) is 8.89. The predicted molar refractivity (Wildman–Crippen MR) is 54.2 cm³/mol. The van der Waals surface area contributed by atoms with Gasteiger partial charge >= 0.3 is 5.97 Å². The highest BCUT2D eigenvalue weighted by Crippen LogP contribution is 2.46. The fourth-order valence-corrected chi connectivity index (χ4v) is 3.29. The summed E-state index contributed by atoms with van der Waals surface area (Å²) < 4.78 is 11.4. The lowest BCUT2D eigenvalue weighted by Crippen LogP contribution is -2.28. The minimum atomic E-state index is -0.162. The van der Waals surface area contributed by atoms with E-state index < -0.39 is 0 Å². The molecule has 0 spiro atoms. The molecule has 2 aliphatic heterocycles. The molecule has 15 heavy (non-hydrogen) atoms. The highest BCUT2D eigenvalue weighted by Gasteiger charge is 2.47. The van der Waals surface area contributed by atoms with Crippen molar-refractivity contribution < 1.29 is 14.3 Å². The van der Waals surface area contributed by atoms with Crippen LogP contribution in [-0.4, -0.2) is 24.3 Å². The maximum atomic E-state index is 11.0. The van der Waals surface area contributed by atoms with Gasteiger partial charge in [0, 0.05) is 25.2 Å². The average Bonchev–Trinajstić information content (AvgIpc) is 2.44. The Morgan fingerprint density at radius 2 is 2.27 bits per heavy atom. The fraction of sp³-hybridized carbons (Fsp3) is 0.750.